The van der Waals surface area contributed by atoms with Crippen molar-refractivity contribution in [3.8, 4) is 0 Å². The predicted molar refractivity (Wildman–Crippen MR) is 137 cm³/mol. The van der Waals surface area contributed by atoms with Crippen LogP contribution in [-0.4, -0.2) is 12.5 Å². The topological polar surface area (TPSA) is 44.4 Å². The molecule has 0 saturated carbocycles. The second-order valence-corrected chi connectivity index (χ2v) is 8.46. The highest BCUT2D eigenvalue weighted by molar-refractivity contribution is 14.1. The molecule has 0 bridgehead atoms. The van der Waals surface area contributed by atoms with E-state index in [1.807, 2.05) is 48.5 Å². The summed E-state index contributed by atoms with van der Waals surface area (Å²) >= 11 is 2.18. The first-order chi connectivity index (χ1) is 15.2. The molecule has 0 aliphatic carbocycles. The lowest BCUT2D eigenvalue weighted by molar-refractivity contribution is 0.102. The number of hydrogen-bond donors (Lipinski definition) is 2. The zero-order chi connectivity index (χ0) is 21.2. The maximum atomic E-state index is 12.6. The van der Waals surface area contributed by atoms with Crippen LogP contribution in [0, 0.1) is 3.57 Å². The molecule has 0 fully saturated rings. The Morgan fingerprint density at radius 2 is 1.68 bits per heavy atom. The van der Waals surface area contributed by atoms with Crippen molar-refractivity contribution < 1.29 is 4.79 Å². The number of nitrogens with zero attached hydrogens (tertiary/aromatic N) is 1. The van der Waals surface area contributed by atoms with Gasteiger partial charge in [0.05, 0.1) is 16.9 Å². The van der Waals surface area contributed by atoms with Crippen molar-refractivity contribution in [3.63, 3.8) is 0 Å². The second-order valence-electron chi connectivity index (χ2n) is 7.30. The second kappa shape index (κ2) is 8.43. The lowest BCUT2D eigenvalue weighted by Gasteiger charge is -2.23. The van der Waals surface area contributed by atoms with Gasteiger partial charge < -0.3 is 15.5 Å². The number of amides is 1. The normalized spacial score (nSPS) is 12.7. The summed E-state index contributed by atoms with van der Waals surface area (Å²) in [5.74, 6) is -0.103. The average molecular weight is 517 g/mol. The van der Waals surface area contributed by atoms with E-state index >= 15 is 0 Å². The summed E-state index contributed by atoms with van der Waals surface area (Å²) in [7, 11) is 0. The molecule has 5 heteroatoms. The van der Waals surface area contributed by atoms with Crippen molar-refractivity contribution in [2.24, 2.45) is 0 Å². The highest BCUT2D eigenvalue weighted by atomic mass is 127. The molecule has 4 nitrogen and oxygen atoms in total. The van der Waals surface area contributed by atoms with Crippen LogP contribution in [0.2, 0.25) is 0 Å². The number of carbonyl (C=O) groups excluding carboxylic acids is 1. The molecule has 1 aliphatic rings. The van der Waals surface area contributed by atoms with Gasteiger partial charge in [0.15, 0.2) is 0 Å². The summed E-state index contributed by atoms with van der Waals surface area (Å²) in [5.41, 5.74) is 4.70. The highest BCUT2D eigenvalue weighted by Crippen LogP contribution is 2.39. The van der Waals surface area contributed by atoms with Gasteiger partial charge in [0.1, 0.15) is 0 Å². The molecular formula is C26H20IN3O. The third kappa shape index (κ3) is 3.88. The summed E-state index contributed by atoms with van der Waals surface area (Å²) < 4.78 is 0.931. The number of rotatable bonds is 3. The van der Waals surface area contributed by atoms with Gasteiger partial charge in [-0.3, -0.25) is 4.79 Å². The lowest BCUT2D eigenvalue weighted by atomic mass is 10.1. The molecule has 0 aromatic heterocycles. The van der Waals surface area contributed by atoms with Crippen LogP contribution >= 0.6 is 22.6 Å². The molecule has 2 N–H and O–H groups in total. The first-order valence-corrected chi connectivity index (χ1v) is 11.2. The number of benzene rings is 4. The molecule has 0 atom stereocenters. The number of nitrogens with one attached hydrogen (secondary N) is 2. The first kappa shape index (κ1) is 19.6. The van der Waals surface area contributed by atoms with E-state index in [0.29, 0.717) is 5.56 Å². The fraction of sp³-hybridized carbons (Fsp3) is 0.0385. The Labute approximate surface area is 194 Å². The van der Waals surface area contributed by atoms with Crippen molar-refractivity contribution >= 4 is 62.0 Å². The van der Waals surface area contributed by atoms with Crippen molar-refractivity contribution in [3.05, 3.63) is 106 Å². The predicted octanol–water partition coefficient (Wildman–Crippen LogP) is 6.77. The van der Waals surface area contributed by atoms with Gasteiger partial charge in [-0.25, -0.2) is 0 Å². The largest absolute Gasteiger partial charge is 0.379 e. The molecule has 1 heterocycles. The van der Waals surface area contributed by atoms with Crippen LogP contribution in [0.4, 0.5) is 22.7 Å². The third-order valence-corrected chi connectivity index (χ3v) is 6.28. The Kier molecular flexibility index (Phi) is 5.34. The average Bonchev–Trinajstić information content (AvgIpc) is 3.03. The lowest BCUT2D eigenvalue weighted by Crippen LogP contribution is -2.13. The standard InChI is InChI=1S/C26H20IN3O/c27-23-9-4-3-8-22(23)26(31)29-19-11-13-20(14-12-19)30-17-5-16-28-25-21-7-2-1-6-18(21)10-15-24(25)30/h1-15,17,28H,16H2,(H,29,31). The minimum atomic E-state index is -0.103. The van der Waals surface area contributed by atoms with Gasteiger partial charge >= 0.3 is 0 Å². The Hall–Kier alpha value is -3.32. The zero-order valence-electron chi connectivity index (χ0n) is 16.7. The van der Waals surface area contributed by atoms with Crippen LogP contribution < -0.4 is 15.5 Å². The molecule has 0 radical (unpaired) electrons. The summed E-state index contributed by atoms with van der Waals surface area (Å²) in [6, 6.07) is 28.2. The maximum Gasteiger partial charge on any atom is 0.256 e. The first-order valence-electron chi connectivity index (χ1n) is 10.1. The van der Waals surface area contributed by atoms with E-state index in [1.165, 1.54) is 10.8 Å². The molecule has 152 valence electrons. The Balaban J connectivity index is 1.44. The summed E-state index contributed by atoms with van der Waals surface area (Å²) in [4.78, 5) is 14.8. The fourth-order valence-electron chi connectivity index (χ4n) is 3.82. The molecule has 0 unspecified atom stereocenters. The Morgan fingerprint density at radius 3 is 2.52 bits per heavy atom. The monoisotopic (exact) mass is 517 g/mol. The number of anilines is 4. The van der Waals surface area contributed by atoms with E-state index in [4.69, 9.17) is 0 Å². The Bertz CT molecular complexity index is 1300. The van der Waals surface area contributed by atoms with E-state index in [0.717, 1.165) is 32.9 Å². The van der Waals surface area contributed by atoms with Crippen molar-refractivity contribution in [2.45, 2.75) is 0 Å². The van der Waals surface area contributed by atoms with Gasteiger partial charge in [-0.15, -0.1) is 0 Å². The van der Waals surface area contributed by atoms with Gasteiger partial charge in [-0.05, 0) is 76.5 Å². The summed E-state index contributed by atoms with van der Waals surface area (Å²) in [5, 5.41) is 8.95. The van der Waals surface area contributed by atoms with E-state index in [1.54, 1.807) is 0 Å². The summed E-state index contributed by atoms with van der Waals surface area (Å²) in [6.07, 6.45) is 4.20. The molecule has 1 aliphatic heterocycles. The van der Waals surface area contributed by atoms with Gasteiger partial charge in [0.2, 0.25) is 0 Å². The van der Waals surface area contributed by atoms with Crippen molar-refractivity contribution in [1.29, 1.82) is 0 Å². The third-order valence-electron chi connectivity index (χ3n) is 5.34. The number of hydrogen-bond acceptors (Lipinski definition) is 3. The van der Waals surface area contributed by atoms with Gasteiger partial charge in [-0.1, -0.05) is 42.5 Å². The van der Waals surface area contributed by atoms with E-state index in [-0.39, 0.29) is 5.91 Å². The van der Waals surface area contributed by atoms with Gasteiger partial charge in [0.25, 0.3) is 5.91 Å². The van der Waals surface area contributed by atoms with Crippen LogP contribution in [0.5, 0.6) is 0 Å². The molecule has 0 spiro atoms. The highest BCUT2D eigenvalue weighted by Gasteiger charge is 2.16. The minimum Gasteiger partial charge on any atom is -0.379 e. The molecule has 5 rings (SSSR count). The van der Waals surface area contributed by atoms with Crippen LogP contribution in [0.15, 0.2) is 97.2 Å². The molecule has 4 aromatic rings. The van der Waals surface area contributed by atoms with Crippen molar-refractivity contribution in [1.82, 2.24) is 0 Å². The van der Waals surface area contributed by atoms with E-state index in [2.05, 4.69) is 86.8 Å². The van der Waals surface area contributed by atoms with Crippen LogP contribution in [-0.2, 0) is 0 Å². The SMILES string of the molecule is O=C(Nc1ccc(N2C=CCNc3c2ccc2ccccc32)cc1)c1ccccc1I. The molecule has 0 saturated heterocycles. The molecule has 4 aromatic carbocycles. The fourth-order valence-corrected chi connectivity index (χ4v) is 4.45. The number of carbonyl (C=O) groups is 1. The van der Waals surface area contributed by atoms with E-state index in [9.17, 15) is 4.79 Å². The molecule has 1 amide bonds. The van der Waals surface area contributed by atoms with Gasteiger partial charge in [-0.2, -0.15) is 0 Å². The molecule has 31 heavy (non-hydrogen) atoms. The van der Waals surface area contributed by atoms with Crippen LogP contribution in [0.3, 0.4) is 0 Å². The zero-order valence-corrected chi connectivity index (χ0v) is 18.8. The molecular weight excluding hydrogens is 497 g/mol. The van der Waals surface area contributed by atoms with Crippen molar-refractivity contribution in [2.75, 3.05) is 22.1 Å². The van der Waals surface area contributed by atoms with Crippen LogP contribution in [0.1, 0.15) is 10.4 Å². The number of fused-ring (bicyclic) bond motifs is 3. The van der Waals surface area contributed by atoms with E-state index < -0.39 is 0 Å². The van der Waals surface area contributed by atoms with Gasteiger partial charge in [0, 0.05) is 33.1 Å². The minimum absolute atomic E-state index is 0.103. The summed E-state index contributed by atoms with van der Waals surface area (Å²) in [6.45, 7) is 0.765. The Morgan fingerprint density at radius 1 is 0.903 bits per heavy atom. The van der Waals surface area contributed by atoms with Crippen LogP contribution in [0.25, 0.3) is 10.8 Å². The smallest absolute Gasteiger partial charge is 0.256 e. The maximum absolute atomic E-state index is 12.6. The quantitative estimate of drug-likeness (QED) is 0.295. The number of halogens is 1.